The fourth-order valence-corrected chi connectivity index (χ4v) is 6.02. The molecule has 0 radical (unpaired) electrons. The van der Waals surface area contributed by atoms with Crippen molar-refractivity contribution in [2.45, 2.75) is 19.3 Å². The fraction of sp³-hybridized carbons (Fsp3) is 0.0909. The quantitative estimate of drug-likeness (QED) is 0.310. The number of aryl methyl sites for hydroxylation is 1. The van der Waals surface area contributed by atoms with Crippen LogP contribution in [0.1, 0.15) is 34.7 Å². The maximum absolute atomic E-state index is 4.22. The summed E-state index contributed by atoms with van der Waals surface area (Å²) in [6, 6.07) is 33.6. The van der Waals surface area contributed by atoms with Gasteiger partial charge in [0, 0.05) is 0 Å². The van der Waals surface area contributed by atoms with Crippen LogP contribution in [0.15, 0.2) is 121 Å². The van der Waals surface area contributed by atoms with Crippen LogP contribution < -0.4 is 0 Å². The Hall–Kier alpha value is -3.90. The second kappa shape index (κ2) is 7.32. The smallest absolute Gasteiger partial charge is 0.0725 e. The molecule has 158 valence electrons. The first-order valence-corrected chi connectivity index (χ1v) is 11.6. The van der Waals surface area contributed by atoms with Gasteiger partial charge in [-0.3, -0.25) is 0 Å². The van der Waals surface area contributed by atoms with Crippen molar-refractivity contribution in [3.05, 3.63) is 149 Å². The van der Waals surface area contributed by atoms with Crippen molar-refractivity contribution in [3.63, 3.8) is 0 Å². The van der Waals surface area contributed by atoms with Crippen LogP contribution in [0.25, 0.3) is 27.8 Å². The monoisotopic (exact) mass is 422 g/mol. The average molecular weight is 423 g/mol. The maximum Gasteiger partial charge on any atom is 0.0725 e. The molecule has 6 rings (SSSR count). The second-order valence-electron chi connectivity index (χ2n) is 8.97. The number of rotatable bonds is 3. The molecule has 4 aromatic rings. The number of benzene rings is 4. The van der Waals surface area contributed by atoms with E-state index in [0.717, 1.165) is 0 Å². The van der Waals surface area contributed by atoms with Crippen LogP contribution in [0.2, 0.25) is 0 Å². The summed E-state index contributed by atoms with van der Waals surface area (Å²) in [5, 5.41) is 0. The molecular weight excluding hydrogens is 396 g/mol. The number of hydrogen-bond donors (Lipinski definition) is 0. The van der Waals surface area contributed by atoms with Crippen molar-refractivity contribution >= 4 is 5.57 Å². The van der Waals surface area contributed by atoms with Crippen LogP contribution in [0, 0.1) is 6.92 Å². The van der Waals surface area contributed by atoms with Crippen molar-refractivity contribution in [1.82, 2.24) is 0 Å². The Bertz CT molecular complexity index is 1480. The minimum absolute atomic E-state index is 0.334. The van der Waals surface area contributed by atoms with Gasteiger partial charge in [-0.25, -0.2) is 0 Å². The molecule has 1 spiro atoms. The van der Waals surface area contributed by atoms with Crippen molar-refractivity contribution in [2.75, 3.05) is 0 Å². The van der Waals surface area contributed by atoms with Crippen LogP contribution in [0.3, 0.4) is 0 Å². The van der Waals surface area contributed by atoms with Crippen LogP contribution in [-0.4, -0.2) is 0 Å². The lowest BCUT2D eigenvalue weighted by atomic mass is 9.69. The highest BCUT2D eigenvalue weighted by Crippen LogP contribution is 2.63. The Balaban J connectivity index is 1.79. The van der Waals surface area contributed by atoms with Gasteiger partial charge in [0.1, 0.15) is 0 Å². The van der Waals surface area contributed by atoms with Crippen LogP contribution >= 0.6 is 0 Å². The van der Waals surface area contributed by atoms with Gasteiger partial charge in [-0.05, 0) is 69.5 Å². The lowest BCUT2D eigenvalue weighted by Gasteiger charge is -2.31. The molecule has 2 aliphatic carbocycles. The Kier molecular flexibility index (Phi) is 4.38. The summed E-state index contributed by atoms with van der Waals surface area (Å²) in [5.41, 5.74) is 14.1. The van der Waals surface area contributed by atoms with E-state index >= 15 is 0 Å². The Morgan fingerprint density at radius 2 is 1.27 bits per heavy atom. The minimum atomic E-state index is -0.334. The molecule has 0 heteroatoms. The van der Waals surface area contributed by atoms with Gasteiger partial charge in [0.2, 0.25) is 0 Å². The molecule has 0 aliphatic heterocycles. The molecule has 1 unspecified atom stereocenters. The van der Waals surface area contributed by atoms with E-state index in [-0.39, 0.29) is 5.41 Å². The molecule has 0 nitrogen and oxygen atoms in total. The van der Waals surface area contributed by atoms with Crippen molar-refractivity contribution < 1.29 is 0 Å². The Morgan fingerprint density at radius 1 is 0.667 bits per heavy atom. The summed E-state index contributed by atoms with van der Waals surface area (Å²) >= 11 is 0. The van der Waals surface area contributed by atoms with Gasteiger partial charge in [-0.1, -0.05) is 121 Å². The number of allylic oxidation sites excluding steroid dienone is 5. The first kappa shape index (κ1) is 19.8. The predicted octanol–water partition coefficient (Wildman–Crippen LogP) is 8.51. The van der Waals surface area contributed by atoms with Crippen molar-refractivity contribution in [2.24, 2.45) is 0 Å². The summed E-state index contributed by atoms with van der Waals surface area (Å²) in [6.07, 6.45) is 6.49. The lowest BCUT2D eigenvalue weighted by molar-refractivity contribution is 0.786. The molecule has 0 heterocycles. The standard InChI is InChI=1S/C33H26/c1-4-11-28-24(5-2)26-12-6-8-15-29(26)33(28)30-16-9-7-13-27(30)32-25(14-10-17-31(32)33)23-20-18-22(3)19-21-23/h4-21H,2H2,1,3H3/b11-4-. The number of hydrogen-bond acceptors (Lipinski definition) is 0. The van der Waals surface area contributed by atoms with Gasteiger partial charge in [0.05, 0.1) is 5.41 Å². The van der Waals surface area contributed by atoms with Gasteiger partial charge in [0.15, 0.2) is 0 Å². The molecule has 0 N–H and O–H groups in total. The van der Waals surface area contributed by atoms with E-state index in [0.29, 0.717) is 0 Å². The third-order valence-corrected chi connectivity index (χ3v) is 7.28. The zero-order valence-electron chi connectivity index (χ0n) is 19.1. The van der Waals surface area contributed by atoms with Crippen molar-refractivity contribution in [1.29, 1.82) is 0 Å². The summed E-state index contributed by atoms with van der Waals surface area (Å²) in [4.78, 5) is 0. The zero-order valence-corrected chi connectivity index (χ0v) is 19.1. The van der Waals surface area contributed by atoms with E-state index in [2.05, 4.69) is 124 Å². The summed E-state index contributed by atoms with van der Waals surface area (Å²) in [6.45, 7) is 8.47. The minimum Gasteiger partial charge on any atom is -0.0984 e. The number of fused-ring (bicyclic) bond motifs is 7. The van der Waals surface area contributed by atoms with Crippen molar-refractivity contribution in [3.8, 4) is 22.3 Å². The topological polar surface area (TPSA) is 0 Å². The molecule has 1 atom stereocenters. The molecular formula is C33H26. The summed E-state index contributed by atoms with van der Waals surface area (Å²) in [7, 11) is 0. The van der Waals surface area contributed by atoms with Gasteiger partial charge in [-0.2, -0.15) is 0 Å². The van der Waals surface area contributed by atoms with Gasteiger partial charge >= 0.3 is 0 Å². The molecule has 0 aromatic heterocycles. The highest BCUT2D eigenvalue weighted by atomic mass is 14.5. The Labute approximate surface area is 196 Å². The molecule has 0 amide bonds. The van der Waals surface area contributed by atoms with Gasteiger partial charge in [0.25, 0.3) is 0 Å². The predicted molar refractivity (Wildman–Crippen MR) is 140 cm³/mol. The van der Waals surface area contributed by atoms with E-state index in [1.54, 1.807) is 0 Å². The summed E-state index contributed by atoms with van der Waals surface area (Å²) in [5.74, 6) is 0. The third kappa shape index (κ3) is 2.52. The third-order valence-electron chi connectivity index (χ3n) is 7.28. The lowest BCUT2D eigenvalue weighted by Crippen LogP contribution is -2.26. The molecule has 4 aromatic carbocycles. The molecule has 0 bridgehead atoms. The highest BCUT2D eigenvalue weighted by molar-refractivity contribution is 6.01. The maximum atomic E-state index is 4.22. The first-order chi connectivity index (χ1) is 16.2. The molecule has 0 fully saturated rings. The van der Waals surface area contributed by atoms with Crippen LogP contribution in [0.5, 0.6) is 0 Å². The molecule has 0 saturated heterocycles. The normalized spacial score (nSPS) is 18.0. The molecule has 2 aliphatic rings. The van der Waals surface area contributed by atoms with E-state index in [4.69, 9.17) is 0 Å². The highest BCUT2D eigenvalue weighted by Gasteiger charge is 2.52. The van der Waals surface area contributed by atoms with Crippen LogP contribution in [-0.2, 0) is 5.41 Å². The van der Waals surface area contributed by atoms with E-state index < -0.39 is 0 Å². The van der Waals surface area contributed by atoms with Gasteiger partial charge in [-0.15, -0.1) is 0 Å². The Morgan fingerprint density at radius 3 is 1.97 bits per heavy atom. The van der Waals surface area contributed by atoms with Gasteiger partial charge < -0.3 is 0 Å². The first-order valence-electron chi connectivity index (χ1n) is 11.6. The molecule has 0 saturated carbocycles. The van der Waals surface area contributed by atoms with E-state index in [1.165, 1.54) is 61.2 Å². The fourth-order valence-electron chi connectivity index (χ4n) is 6.02. The second-order valence-corrected chi connectivity index (χ2v) is 8.97. The summed E-state index contributed by atoms with van der Waals surface area (Å²) < 4.78 is 0. The van der Waals surface area contributed by atoms with Crippen LogP contribution in [0.4, 0.5) is 0 Å². The van der Waals surface area contributed by atoms with E-state index in [9.17, 15) is 0 Å². The molecule has 33 heavy (non-hydrogen) atoms. The average Bonchev–Trinajstić information content (AvgIpc) is 3.31. The van der Waals surface area contributed by atoms with E-state index in [1.807, 2.05) is 6.08 Å². The zero-order chi connectivity index (χ0) is 22.6. The largest absolute Gasteiger partial charge is 0.0984 e. The SMILES string of the molecule is C=CC1=C(/C=C\C)C2(c3ccccc31)c1ccccc1-c1c(-c3ccc(C)cc3)cccc12.